The van der Waals surface area contributed by atoms with Crippen LogP contribution in [0.4, 0.5) is 0 Å². The number of aryl methyl sites for hydroxylation is 1. The Kier molecular flexibility index (Phi) is 11.3. The Bertz CT molecular complexity index is 1100. The highest BCUT2D eigenvalue weighted by Gasteiger charge is 2.37. The van der Waals surface area contributed by atoms with Crippen molar-refractivity contribution >= 4 is 17.5 Å². The molecule has 0 radical (unpaired) electrons. The van der Waals surface area contributed by atoms with Gasteiger partial charge < -0.3 is 29.6 Å². The van der Waals surface area contributed by atoms with Crippen LogP contribution in [0.3, 0.4) is 0 Å². The van der Waals surface area contributed by atoms with E-state index in [4.69, 9.17) is 24.7 Å². The van der Waals surface area contributed by atoms with Gasteiger partial charge in [0.05, 0.1) is 21.3 Å². The monoisotopic (exact) mass is 540 g/mol. The van der Waals surface area contributed by atoms with Gasteiger partial charge in [0, 0.05) is 37.6 Å². The molecule has 2 aromatic carbocycles. The molecule has 1 saturated heterocycles. The molecule has 212 valence electrons. The minimum Gasteiger partial charge on any atom is -0.493 e. The summed E-state index contributed by atoms with van der Waals surface area (Å²) in [4.78, 5) is 41.7. The number of amides is 1. The van der Waals surface area contributed by atoms with Crippen LogP contribution in [0.1, 0.15) is 54.4 Å². The molecule has 2 N–H and O–H groups in total. The molecule has 3 rings (SSSR count). The first kappa shape index (κ1) is 30.1. The summed E-state index contributed by atoms with van der Waals surface area (Å²) in [5.74, 6) is -1.33. The van der Waals surface area contributed by atoms with Gasteiger partial charge in [0.15, 0.2) is 11.5 Å². The molecule has 1 aliphatic heterocycles. The lowest BCUT2D eigenvalue weighted by Crippen LogP contribution is -2.55. The fourth-order valence-corrected chi connectivity index (χ4v) is 5.13. The minimum absolute atomic E-state index is 0.113. The number of carbonyl (C=O) groups excluding carboxylic acids is 3. The maximum atomic E-state index is 13.7. The number of unbranched alkanes of at least 4 members (excludes halogenated alkanes) is 1. The van der Waals surface area contributed by atoms with Crippen molar-refractivity contribution in [3.05, 3.63) is 53.6 Å². The SMILES string of the molecule is COc1cc(C(=O)C(=O)CC2CCCC(N)C(OC)N(CCCCc3ccccc3)C2=O)cc(OC)c1OC. The number of nitrogens with zero attached hydrogens (tertiary/aromatic N) is 1. The van der Waals surface area contributed by atoms with Crippen molar-refractivity contribution in [3.8, 4) is 17.2 Å². The van der Waals surface area contributed by atoms with Gasteiger partial charge in [0.2, 0.25) is 23.2 Å². The van der Waals surface area contributed by atoms with Gasteiger partial charge >= 0.3 is 0 Å². The Morgan fingerprint density at radius 1 is 0.949 bits per heavy atom. The normalized spacial score (nSPS) is 19.7. The number of nitrogens with two attached hydrogens (primary N) is 1. The first-order chi connectivity index (χ1) is 18.8. The van der Waals surface area contributed by atoms with Crippen LogP contribution in [0.15, 0.2) is 42.5 Å². The Morgan fingerprint density at radius 2 is 1.62 bits per heavy atom. The van der Waals surface area contributed by atoms with Gasteiger partial charge in [0.25, 0.3) is 0 Å². The van der Waals surface area contributed by atoms with E-state index in [0.29, 0.717) is 31.6 Å². The average molecular weight is 541 g/mol. The number of carbonyl (C=O) groups is 3. The topological polar surface area (TPSA) is 117 Å². The van der Waals surface area contributed by atoms with Crippen LogP contribution in [0.5, 0.6) is 17.2 Å². The molecule has 0 saturated carbocycles. The summed E-state index contributed by atoms with van der Waals surface area (Å²) < 4.78 is 21.6. The summed E-state index contributed by atoms with van der Waals surface area (Å²) in [7, 11) is 5.88. The molecule has 1 heterocycles. The number of ether oxygens (including phenoxy) is 4. The van der Waals surface area contributed by atoms with E-state index in [-0.39, 0.29) is 35.4 Å². The quantitative estimate of drug-likeness (QED) is 0.232. The Labute approximate surface area is 230 Å². The van der Waals surface area contributed by atoms with Crippen molar-refractivity contribution < 1.29 is 33.3 Å². The smallest absolute Gasteiger partial charge is 0.228 e. The maximum Gasteiger partial charge on any atom is 0.228 e. The summed E-state index contributed by atoms with van der Waals surface area (Å²) in [6.07, 6.45) is 3.55. The molecule has 1 amide bonds. The number of likely N-dealkylation sites (tertiary alicyclic amines) is 1. The maximum absolute atomic E-state index is 13.7. The van der Waals surface area contributed by atoms with Gasteiger partial charge in [-0.3, -0.25) is 14.4 Å². The number of rotatable bonds is 13. The molecule has 3 atom stereocenters. The van der Waals surface area contributed by atoms with Gasteiger partial charge in [-0.15, -0.1) is 0 Å². The van der Waals surface area contributed by atoms with Crippen molar-refractivity contribution in [1.29, 1.82) is 0 Å². The van der Waals surface area contributed by atoms with Crippen LogP contribution < -0.4 is 19.9 Å². The van der Waals surface area contributed by atoms with Crippen LogP contribution >= 0.6 is 0 Å². The molecule has 9 heteroatoms. The first-order valence-corrected chi connectivity index (χ1v) is 13.3. The second kappa shape index (κ2) is 14.6. The minimum atomic E-state index is -0.710. The lowest BCUT2D eigenvalue weighted by Gasteiger charge is -2.38. The van der Waals surface area contributed by atoms with Gasteiger partial charge in [-0.05, 0) is 49.8 Å². The average Bonchev–Trinajstić information content (AvgIpc) is 2.96. The highest BCUT2D eigenvalue weighted by molar-refractivity contribution is 6.44. The van der Waals surface area contributed by atoms with E-state index in [1.807, 2.05) is 18.2 Å². The van der Waals surface area contributed by atoms with E-state index in [0.717, 1.165) is 19.3 Å². The molecule has 0 aromatic heterocycles. The predicted octanol–water partition coefficient (Wildman–Crippen LogP) is 3.81. The molecule has 9 nitrogen and oxygen atoms in total. The van der Waals surface area contributed by atoms with Crippen molar-refractivity contribution in [2.75, 3.05) is 35.0 Å². The second-order valence-corrected chi connectivity index (χ2v) is 9.76. The van der Waals surface area contributed by atoms with Crippen molar-refractivity contribution in [2.24, 2.45) is 11.7 Å². The molecule has 0 aliphatic carbocycles. The molecule has 39 heavy (non-hydrogen) atoms. The molecule has 0 spiro atoms. The van der Waals surface area contributed by atoms with Gasteiger partial charge in [-0.25, -0.2) is 0 Å². The summed E-state index contributed by atoms with van der Waals surface area (Å²) in [6, 6.07) is 12.7. The summed E-state index contributed by atoms with van der Waals surface area (Å²) in [5.41, 5.74) is 7.74. The number of benzene rings is 2. The van der Waals surface area contributed by atoms with Crippen LogP contribution in [-0.4, -0.2) is 69.6 Å². The number of Topliss-reactive ketones (excluding diaryl/α,β-unsaturated/α-hetero) is 2. The van der Waals surface area contributed by atoms with E-state index in [2.05, 4.69) is 12.1 Å². The van der Waals surface area contributed by atoms with Crippen LogP contribution in [-0.2, 0) is 20.7 Å². The zero-order valence-corrected chi connectivity index (χ0v) is 23.3. The van der Waals surface area contributed by atoms with Crippen molar-refractivity contribution in [2.45, 2.75) is 57.2 Å². The molecule has 1 fully saturated rings. The molecule has 1 aliphatic rings. The third-order valence-electron chi connectivity index (χ3n) is 7.21. The summed E-state index contributed by atoms with van der Waals surface area (Å²) >= 11 is 0. The molecular formula is C30H40N2O7. The zero-order chi connectivity index (χ0) is 28.4. The predicted molar refractivity (Wildman–Crippen MR) is 147 cm³/mol. The summed E-state index contributed by atoms with van der Waals surface area (Å²) in [5, 5.41) is 0. The van der Waals surface area contributed by atoms with Gasteiger partial charge in [-0.1, -0.05) is 36.8 Å². The lowest BCUT2D eigenvalue weighted by atomic mass is 9.88. The number of hydrogen-bond acceptors (Lipinski definition) is 8. The Balaban J connectivity index is 1.74. The molecule has 2 aromatic rings. The highest BCUT2D eigenvalue weighted by Crippen LogP contribution is 2.38. The Hall–Kier alpha value is -3.43. The van der Waals surface area contributed by atoms with Crippen LogP contribution in [0.2, 0.25) is 0 Å². The molecule has 0 bridgehead atoms. The molecule has 3 unspecified atom stereocenters. The highest BCUT2D eigenvalue weighted by atomic mass is 16.5. The van der Waals surface area contributed by atoms with Crippen molar-refractivity contribution in [1.82, 2.24) is 4.90 Å². The van der Waals surface area contributed by atoms with Crippen LogP contribution in [0, 0.1) is 5.92 Å². The van der Waals surface area contributed by atoms with Crippen molar-refractivity contribution in [3.63, 3.8) is 0 Å². The van der Waals surface area contributed by atoms with E-state index in [1.54, 1.807) is 12.0 Å². The zero-order valence-electron chi connectivity index (χ0n) is 23.3. The standard InChI is InChI=1S/C30H40N2O7/c1-36-25-18-22(19-26(37-2)28(25)38-3)27(34)24(33)17-21-14-10-15-23(31)30(39-4)32(29(21)35)16-9-8-13-20-11-6-5-7-12-20/h5-7,11-12,18-19,21,23,30H,8-10,13-17,31H2,1-4H3. The lowest BCUT2D eigenvalue weighted by molar-refractivity contribution is -0.153. The fraction of sp³-hybridized carbons (Fsp3) is 0.500. The van der Waals surface area contributed by atoms with Gasteiger partial charge in [0.1, 0.15) is 6.23 Å². The first-order valence-electron chi connectivity index (χ1n) is 13.3. The van der Waals surface area contributed by atoms with Crippen LogP contribution in [0.25, 0.3) is 0 Å². The fourth-order valence-electron chi connectivity index (χ4n) is 5.13. The van der Waals surface area contributed by atoms with Gasteiger partial charge in [-0.2, -0.15) is 0 Å². The number of hydrogen-bond donors (Lipinski definition) is 1. The van der Waals surface area contributed by atoms with E-state index in [9.17, 15) is 14.4 Å². The van der Waals surface area contributed by atoms with E-state index < -0.39 is 23.7 Å². The summed E-state index contributed by atoms with van der Waals surface area (Å²) in [6.45, 7) is 0.462. The second-order valence-electron chi connectivity index (χ2n) is 9.76. The largest absolute Gasteiger partial charge is 0.493 e. The molecular weight excluding hydrogens is 500 g/mol. The third kappa shape index (κ3) is 7.58. The Morgan fingerprint density at radius 3 is 2.21 bits per heavy atom. The van der Waals surface area contributed by atoms with E-state index >= 15 is 0 Å². The van der Waals surface area contributed by atoms with E-state index in [1.165, 1.54) is 39.0 Å². The number of ketones is 2. The number of methoxy groups -OCH3 is 4. The third-order valence-corrected chi connectivity index (χ3v) is 7.21.